The van der Waals surface area contributed by atoms with E-state index in [0.717, 1.165) is 25.4 Å². The van der Waals surface area contributed by atoms with E-state index in [9.17, 15) is 0 Å². The van der Waals surface area contributed by atoms with Crippen LogP contribution in [-0.4, -0.2) is 19.7 Å². The van der Waals surface area contributed by atoms with Gasteiger partial charge in [0.2, 0.25) is 0 Å². The van der Waals surface area contributed by atoms with E-state index in [-0.39, 0.29) is 0 Å². The normalized spacial score (nSPS) is 11.6. The van der Waals surface area contributed by atoms with Gasteiger partial charge in [0.25, 0.3) is 0 Å². The van der Waals surface area contributed by atoms with E-state index in [0.29, 0.717) is 5.41 Å². The summed E-state index contributed by atoms with van der Waals surface area (Å²) >= 11 is 0. The lowest BCUT2D eigenvalue weighted by atomic mass is 9.97. The van der Waals surface area contributed by atoms with Crippen molar-refractivity contribution in [3.63, 3.8) is 0 Å². The predicted octanol–water partition coefficient (Wildman–Crippen LogP) is 3.32. The highest BCUT2D eigenvalue weighted by atomic mass is 16.5. The van der Waals surface area contributed by atoms with Crippen LogP contribution in [0.2, 0.25) is 0 Å². The molecule has 0 saturated carbocycles. The Labute approximate surface area is 105 Å². The summed E-state index contributed by atoms with van der Waals surface area (Å²) in [7, 11) is 0. The summed E-state index contributed by atoms with van der Waals surface area (Å²) in [6, 6.07) is 6.31. The van der Waals surface area contributed by atoms with E-state index in [2.05, 4.69) is 58.1 Å². The van der Waals surface area contributed by atoms with Gasteiger partial charge in [-0.25, -0.2) is 0 Å². The van der Waals surface area contributed by atoms with E-state index in [4.69, 9.17) is 4.74 Å². The third-order valence-electron chi connectivity index (χ3n) is 2.54. The van der Waals surface area contributed by atoms with Crippen molar-refractivity contribution in [3.8, 4) is 5.75 Å². The van der Waals surface area contributed by atoms with Crippen molar-refractivity contribution in [2.24, 2.45) is 5.41 Å². The number of benzene rings is 1. The highest BCUT2D eigenvalue weighted by Gasteiger charge is 2.08. The number of hydrogen-bond acceptors (Lipinski definition) is 2. The standard InChI is InChI=1S/C15H25NO/c1-12-6-7-13(2)14(10-12)17-9-8-16-11-15(3,4)5/h6-7,10,16H,8-9,11H2,1-5H3. The lowest BCUT2D eigenvalue weighted by molar-refractivity contribution is 0.295. The molecule has 0 amide bonds. The van der Waals surface area contributed by atoms with Crippen molar-refractivity contribution in [3.05, 3.63) is 29.3 Å². The minimum Gasteiger partial charge on any atom is -0.492 e. The first-order chi connectivity index (χ1) is 7.88. The monoisotopic (exact) mass is 235 g/mol. The molecule has 0 bridgehead atoms. The maximum atomic E-state index is 5.77. The molecule has 0 unspecified atom stereocenters. The summed E-state index contributed by atoms with van der Waals surface area (Å²) in [5.74, 6) is 1.00. The molecule has 0 aliphatic heterocycles. The van der Waals surface area contributed by atoms with Gasteiger partial charge in [0.05, 0.1) is 0 Å². The van der Waals surface area contributed by atoms with Crippen molar-refractivity contribution in [2.75, 3.05) is 19.7 Å². The zero-order valence-corrected chi connectivity index (χ0v) is 11.8. The Balaban J connectivity index is 2.29. The smallest absolute Gasteiger partial charge is 0.122 e. The van der Waals surface area contributed by atoms with Gasteiger partial charge in [-0.05, 0) is 36.5 Å². The molecule has 0 heterocycles. The zero-order chi connectivity index (χ0) is 12.9. The van der Waals surface area contributed by atoms with Crippen LogP contribution in [-0.2, 0) is 0 Å². The lowest BCUT2D eigenvalue weighted by Crippen LogP contribution is -2.30. The van der Waals surface area contributed by atoms with Gasteiger partial charge in [0.15, 0.2) is 0 Å². The lowest BCUT2D eigenvalue weighted by Gasteiger charge is -2.19. The molecular weight excluding hydrogens is 210 g/mol. The second-order valence-electron chi connectivity index (χ2n) is 5.85. The van der Waals surface area contributed by atoms with Crippen molar-refractivity contribution < 1.29 is 4.74 Å². The molecule has 17 heavy (non-hydrogen) atoms. The van der Waals surface area contributed by atoms with E-state index in [1.807, 2.05) is 0 Å². The van der Waals surface area contributed by atoms with Crippen LogP contribution in [0.25, 0.3) is 0 Å². The first-order valence-corrected chi connectivity index (χ1v) is 6.29. The number of ether oxygens (including phenoxy) is 1. The van der Waals surface area contributed by atoms with Crippen molar-refractivity contribution in [2.45, 2.75) is 34.6 Å². The average molecular weight is 235 g/mol. The van der Waals surface area contributed by atoms with Crippen molar-refractivity contribution in [1.82, 2.24) is 5.32 Å². The molecular formula is C15H25NO. The average Bonchev–Trinajstić information content (AvgIpc) is 2.21. The van der Waals surface area contributed by atoms with E-state index in [1.54, 1.807) is 0 Å². The molecule has 0 spiro atoms. The van der Waals surface area contributed by atoms with Crippen LogP contribution in [0, 0.1) is 19.3 Å². The molecule has 1 aromatic carbocycles. The first-order valence-electron chi connectivity index (χ1n) is 6.29. The van der Waals surface area contributed by atoms with E-state index in [1.165, 1.54) is 11.1 Å². The second kappa shape index (κ2) is 6.06. The summed E-state index contributed by atoms with van der Waals surface area (Å²) < 4.78 is 5.77. The largest absolute Gasteiger partial charge is 0.492 e. The number of rotatable bonds is 5. The number of hydrogen-bond donors (Lipinski definition) is 1. The number of nitrogens with one attached hydrogen (secondary N) is 1. The van der Waals surface area contributed by atoms with Crippen molar-refractivity contribution >= 4 is 0 Å². The Morgan fingerprint density at radius 2 is 1.88 bits per heavy atom. The topological polar surface area (TPSA) is 21.3 Å². The molecule has 0 aliphatic rings. The fraction of sp³-hybridized carbons (Fsp3) is 0.600. The molecule has 0 aliphatic carbocycles. The van der Waals surface area contributed by atoms with Gasteiger partial charge in [-0.15, -0.1) is 0 Å². The van der Waals surface area contributed by atoms with Crippen molar-refractivity contribution in [1.29, 1.82) is 0 Å². The molecule has 2 nitrogen and oxygen atoms in total. The van der Waals surface area contributed by atoms with Gasteiger partial charge < -0.3 is 10.1 Å². The van der Waals surface area contributed by atoms with Crippen LogP contribution in [0.5, 0.6) is 5.75 Å². The molecule has 0 fully saturated rings. The molecule has 1 N–H and O–H groups in total. The quantitative estimate of drug-likeness (QED) is 0.791. The minimum absolute atomic E-state index is 0.333. The Hall–Kier alpha value is -1.02. The van der Waals surface area contributed by atoms with Gasteiger partial charge in [-0.3, -0.25) is 0 Å². The van der Waals surface area contributed by atoms with Crippen LogP contribution in [0.3, 0.4) is 0 Å². The molecule has 1 rings (SSSR count). The minimum atomic E-state index is 0.333. The maximum Gasteiger partial charge on any atom is 0.122 e. The van der Waals surface area contributed by atoms with E-state index >= 15 is 0 Å². The second-order valence-corrected chi connectivity index (χ2v) is 5.85. The Bertz CT molecular complexity index is 352. The maximum absolute atomic E-state index is 5.77. The summed E-state index contributed by atoms with van der Waals surface area (Å²) in [5.41, 5.74) is 2.78. The predicted molar refractivity (Wildman–Crippen MR) is 73.7 cm³/mol. The molecule has 2 heteroatoms. The Morgan fingerprint density at radius 3 is 2.53 bits per heavy atom. The Morgan fingerprint density at radius 1 is 1.18 bits per heavy atom. The molecule has 96 valence electrons. The van der Waals surface area contributed by atoms with Gasteiger partial charge >= 0.3 is 0 Å². The van der Waals surface area contributed by atoms with Gasteiger partial charge in [0.1, 0.15) is 12.4 Å². The third-order valence-corrected chi connectivity index (χ3v) is 2.54. The highest BCUT2D eigenvalue weighted by Crippen LogP contribution is 2.18. The Kier molecular flexibility index (Phi) is 5.01. The molecule has 1 aromatic rings. The van der Waals surface area contributed by atoms with E-state index < -0.39 is 0 Å². The third kappa shape index (κ3) is 5.73. The summed E-state index contributed by atoms with van der Waals surface area (Å²) in [6.07, 6.45) is 0. The SMILES string of the molecule is Cc1ccc(C)c(OCCNCC(C)(C)C)c1. The molecule has 0 saturated heterocycles. The van der Waals surface area contributed by atoms with Crippen LogP contribution in [0.15, 0.2) is 18.2 Å². The molecule has 0 radical (unpaired) electrons. The van der Waals surface area contributed by atoms with Gasteiger partial charge in [0, 0.05) is 13.1 Å². The fourth-order valence-corrected chi connectivity index (χ4v) is 1.56. The molecule has 0 aromatic heterocycles. The summed E-state index contributed by atoms with van der Waals surface area (Å²) in [4.78, 5) is 0. The first kappa shape index (κ1) is 14.0. The van der Waals surface area contributed by atoms with Crippen LogP contribution >= 0.6 is 0 Å². The highest BCUT2D eigenvalue weighted by molar-refractivity contribution is 5.35. The van der Waals surface area contributed by atoms with Crippen LogP contribution in [0.1, 0.15) is 31.9 Å². The van der Waals surface area contributed by atoms with Crippen LogP contribution < -0.4 is 10.1 Å². The summed E-state index contributed by atoms with van der Waals surface area (Å²) in [5, 5.41) is 3.40. The van der Waals surface area contributed by atoms with Gasteiger partial charge in [-0.1, -0.05) is 32.9 Å². The zero-order valence-electron chi connectivity index (χ0n) is 11.8. The van der Waals surface area contributed by atoms with Gasteiger partial charge in [-0.2, -0.15) is 0 Å². The summed E-state index contributed by atoms with van der Waals surface area (Å²) in [6.45, 7) is 13.5. The fourth-order valence-electron chi connectivity index (χ4n) is 1.56. The molecule has 0 atom stereocenters. The number of aryl methyl sites for hydroxylation is 2. The van der Waals surface area contributed by atoms with Crippen LogP contribution in [0.4, 0.5) is 0 Å².